The van der Waals surface area contributed by atoms with E-state index in [0.717, 1.165) is 0 Å². The number of carbonyl (C=O) groups is 2. The van der Waals surface area contributed by atoms with Gasteiger partial charge in [0.2, 0.25) is 5.91 Å². The fraction of sp³-hybridized carbons (Fsp3) is 0.833. The molecule has 0 heterocycles. The summed E-state index contributed by atoms with van der Waals surface area (Å²) >= 11 is 0. The SMILES string of the molecule is O=C(O)C1CCC(C(=O)NCCCOCCO)C1. The number of aliphatic hydroxyl groups is 1. The molecule has 0 aliphatic heterocycles. The molecule has 0 saturated heterocycles. The van der Waals surface area contributed by atoms with Crippen LogP contribution in [0.25, 0.3) is 0 Å². The minimum atomic E-state index is -0.803. The molecule has 1 aliphatic carbocycles. The van der Waals surface area contributed by atoms with Gasteiger partial charge in [-0.25, -0.2) is 0 Å². The Bertz CT molecular complexity index is 282. The molecule has 2 unspecified atom stereocenters. The zero-order valence-corrected chi connectivity index (χ0v) is 10.4. The van der Waals surface area contributed by atoms with Gasteiger partial charge in [-0.1, -0.05) is 0 Å². The first-order valence-corrected chi connectivity index (χ1v) is 6.34. The summed E-state index contributed by atoms with van der Waals surface area (Å²) in [5.41, 5.74) is 0. The van der Waals surface area contributed by atoms with E-state index in [1.54, 1.807) is 0 Å². The number of aliphatic carboxylic acids is 1. The summed E-state index contributed by atoms with van der Waals surface area (Å²) in [7, 11) is 0. The topological polar surface area (TPSA) is 95.9 Å². The van der Waals surface area contributed by atoms with E-state index in [-0.39, 0.29) is 24.3 Å². The Hall–Kier alpha value is -1.14. The Morgan fingerprint density at radius 1 is 1.22 bits per heavy atom. The van der Waals surface area contributed by atoms with Crippen molar-refractivity contribution in [2.24, 2.45) is 11.8 Å². The van der Waals surface area contributed by atoms with E-state index in [1.165, 1.54) is 0 Å². The van der Waals surface area contributed by atoms with Crippen molar-refractivity contribution in [1.82, 2.24) is 5.32 Å². The van der Waals surface area contributed by atoms with Crippen LogP contribution in [-0.4, -0.2) is 48.5 Å². The van der Waals surface area contributed by atoms with E-state index >= 15 is 0 Å². The van der Waals surface area contributed by atoms with Crippen molar-refractivity contribution in [3.05, 3.63) is 0 Å². The molecule has 1 fully saturated rings. The minimum Gasteiger partial charge on any atom is -0.481 e. The second-order valence-electron chi connectivity index (χ2n) is 4.53. The van der Waals surface area contributed by atoms with E-state index in [4.69, 9.17) is 14.9 Å². The second-order valence-corrected chi connectivity index (χ2v) is 4.53. The van der Waals surface area contributed by atoms with Gasteiger partial charge in [0.25, 0.3) is 0 Å². The molecule has 1 rings (SSSR count). The molecule has 2 atom stereocenters. The molecule has 0 aromatic carbocycles. The molecule has 18 heavy (non-hydrogen) atoms. The highest BCUT2D eigenvalue weighted by atomic mass is 16.5. The molecule has 0 spiro atoms. The van der Waals surface area contributed by atoms with Crippen molar-refractivity contribution in [3.8, 4) is 0 Å². The normalized spacial score (nSPS) is 22.9. The number of amides is 1. The van der Waals surface area contributed by atoms with Gasteiger partial charge in [-0.05, 0) is 25.7 Å². The fourth-order valence-corrected chi connectivity index (χ4v) is 2.14. The number of hydrogen-bond acceptors (Lipinski definition) is 4. The largest absolute Gasteiger partial charge is 0.481 e. The maximum Gasteiger partial charge on any atom is 0.306 e. The molecule has 1 amide bonds. The van der Waals surface area contributed by atoms with Crippen LogP contribution < -0.4 is 5.32 Å². The number of rotatable bonds is 8. The highest BCUT2D eigenvalue weighted by Crippen LogP contribution is 2.30. The van der Waals surface area contributed by atoms with E-state index in [0.29, 0.717) is 45.4 Å². The van der Waals surface area contributed by atoms with Crippen LogP contribution in [0.2, 0.25) is 0 Å². The predicted octanol–water partition coefficient (Wildman–Crippen LogP) is 0.00250. The molecule has 1 saturated carbocycles. The van der Waals surface area contributed by atoms with E-state index in [1.807, 2.05) is 0 Å². The average Bonchev–Trinajstić information content (AvgIpc) is 2.83. The minimum absolute atomic E-state index is 0.00497. The predicted molar refractivity (Wildman–Crippen MR) is 64.0 cm³/mol. The molecule has 0 aromatic rings. The molecular weight excluding hydrogens is 238 g/mol. The van der Waals surface area contributed by atoms with Gasteiger partial charge in [0, 0.05) is 19.1 Å². The highest BCUT2D eigenvalue weighted by Gasteiger charge is 2.33. The number of carboxylic acid groups (broad SMARTS) is 1. The van der Waals surface area contributed by atoms with Crippen LogP contribution in [0.5, 0.6) is 0 Å². The van der Waals surface area contributed by atoms with Crippen LogP contribution in [0, 0.1) is 11.8 Å². The molecule has 3 N–H and O–H groups in total. The summed E-state index contributed by atoms with van der Waals surface area (Å²) in [5.74, 6) is -1.39. The lowest BCUT2D eigenvalue weighted by atomic mass is 10.0. The molecule has 6 heteroatoms. The van der Waals surface area contributed by atoms with Crippen LogP contribution in [0.15, 0.2) is 0 Å². The van der Waals surface area contributed by atoms with Crippen molar-refractivity contribution in [2.45, 2.75) is 25.7 Å². The Balaban J connectivity index is 2.09. The molecule has 0 aromatic heterocycles. The lowest BCUT2D eigenvalue weighted by Gasteiger charge is -2.10. The quantitative estimate of drug-likeness (QED) is 0.533. The van der Waals surface area contributed by atoms with Crippen molar-refractivity contribution in [2.75, 3.05) is 26.4 Å². The summed E-state index contributed by atoms with van der Waals surface area (Å²) in [5, 5.41) is 20.1. The van der Waals surface area contributed by atoms with Gasteiger partial charge < -0.3 is 20.3 Å². The number of carbonyl (C=O) groups excluding carboxylic acids is 1. The maximum atomic E-state index is 11.7. The van der Waals surface area contributed by atoms with Gasteiger partial charge in [0.1, 0.15) is 0 Å². The number of ether oxygens (including phenoxy) is 1. The lowest BCUT2D eigenvalue weighted by Crippen LogP contribution is -2.31. The fourth-order valence-electron chi connectivity index (χ4n) is 2.14. The first kappa shape index (κ1) is 14.9. The summed E-state index contributed by atoms with van der Waals surface area (Å²) < 4.78 is 5.06. The van der Waals surface area contributed by atoms with Crippen LogP contribution in [0.3, 0.4) is 0 Å². The van der Waals surface area contributed by atoms with Crippen LogP contribution in [0.4, 0.5) is 0 Å². The number of nitrogens with one attached hydrogen (secondary N) is 1. The first-order chi connectivity index (χ1) is 8.65. The standard InChI is InChI=1S/C12H21NO5/c14-5-7-18-6-1-4-13-11(15)9-2-3-10(8-9)12(16)17/h9-10,14H,1-8H2,(H,13,15)(H,16,17). The average molecular weight is 259 g/mol. The Morgan fingerprint density at radius 2 is 1.94 bits per heavy atom. The van der Waals surface area contributed by atoms with Crippen molar-refractivity contribution < 1.29 is 24.5 Å². The summed E-state index contributed by atoms with van der Waals surface area (Å²) in [6.45, 7) is 1.35. The van der Waals surface area contributed by atoms with Gasteiger partial charge in [0.05, 0.1) is 19.1 Å². The number of aliphatic hydroxyl groups excluding tert-OH is 1. The third kappa shape index (κ3) is 5.01. The van der Waals surface area contributed by atoms with Gasteiger partial charge in [-0.3, -0.25) is 9.59 Å². The van der Waals surface area contributed by atoms with Crippen molar-refractivity contribution in [1.29, 1.82) is 0 Å². The lowest BCUT2D eigenvalue weighted by molar-refractivity contribution is -0.141. The zero-order chi connectivity index (χ0) is 13.4. The van der Waals surface area contributed by atoms with Gasteiger partial charge in [-0.2, -0.15) is 0 Å². The highest BCUT2D eigenvalue weighted by molar-refractivity contribution is 5.80. The van der Waals surface area contributed by atoms with Gasteiger partial charge in [0.15, 0.2) is 0 Å². The Labute approximate surface area is 106 Å². The first-order valence-electron chi connectivity index (χ1n) is 6.34. The number of hydrogen-bond donors (Lipinski definition) is 3. The smallest absolute Gasteiger partial charge is 0.306 e. The van der Waals surface area contributed by atoms with Gasteiger partial charge in [-0.15, -0.1) is 0 Å². The third-order valence-corrected chi connectivity index (χ3v) is 3.15. The molecule has 0 radical (unpaired) electrons. The Morgan fingerprint density at radius 3 is 2.56 bits per heavy atom. The molecule has 1 aliphatic rings. The number of carboxylic acids is 1. The molecular formula is C12H21NO5. The van der Waals surface area contributed by atoms with Crippen molar-refractivity contribution >= 4 is 11.9 Å². The Kier molecular flexibility index (Phi) is 6.67. The van der Waals surface area contributed by atoms with Crippen molar-refractivity contribution in [3.63, 3.8) is 0 Å². The zero-order valence-electron chi connectivity index (χ0n) is 10.4. The monoisotopic (exact) mass is 259 g/mol. The molecule has 6 nitrogen and oxygen atoms in total. The van der Waals surface area contributed by atoms with E-state index in [9.17, 15) is 9.59 Å². The summed E-state index contributed by atoms with van der Waals surface area (Å²) in [6, 6.07) is 0. The molecule has 104 valence electrons. The summed E-state index contributed by atoms with van der Waals surface area (Å²) in [4.78, 5) is 22.5. The van der Waals surface area contributed by atoms with Crippen LogP contribution in [0.1, 0.15) is 25.7 Å². The third-order valence-electron chi connectivity index (χ3n) is 3.15. The second kappa shape index (κ2) is 8.05. The molecule has 0 bridgehead atoms. The van der Waals surface area contributed by atoms with Crippen LogP contribution in [-0.2, 0) is 14.3 Å². The van der Waals surface area contributed by atoms with Gasteiger partial charge >= 0.3 is 5.97 Å². The van der Waals surface area contributed by atoms with E-state index < -0.39 is 5.97 Å². The van der Waals surface area contributed by atoms with E-state index in [2.05, 4.69) is 5.32 Å². The van der Waals surface area contributed by atoms with Crippen LogP contribution >= 0.6 is 0 Å². The maximum absolute atomic E-state index is 11.7. The summed E-state index contributed by atoms with van der Waals surface area (Å²) in [6.07, 6.45) is 2.39.